The van der Waals surface area contributed by atoms with E-state index in [9.17, 15) is 4.79 Å². The Morgan fingerprint density at radius 1 is 1.14 bits per heavy atom. The van der Waals surface area contributed by atoms with E-state index in [1.165, 1.54) is 0 Å². The molecule has 2 rings (SSSR count). The van der Waals surface area contributed by atoms with E-state index in [1.807, 2.05) is 51.1 Å². The lowest BCUT2D eigenvalue weighted by Crippen LogP contribution is -2.49. The van der Waals surface area contributed by atoms with Gasteiger partial charge in [-0.05, 0) is 39.8 Å². The highest BCUT2D eigenvalue weighted by atomic mass is 16.6. The molecule has 1 amide bonds. The van der Waals surface area contributed by atoms with Crippen molar-refractivity contribution < 1.29 is 14.3 Å². The predicted octanol–water partition coefficient (Wildman–Crippen LogP) is 3.86. The van der Waals surface area contributed by atoms with Crippen LogP contribution in [0.5, 0.6) is 5.75 Å². The molecule has 1 aliphatic heterocycles. The van der Waals surface area contributed by atoms with Crippen molar-refractivity contribution in [3.63, 3.8) is 0 Å². The largest absolute Gasteiger partial charge is 0.487 e. The third-order valence-electron chi connectivity index (χ3n) is 3.58. The first kappa shape index (κ1) is 15.7. The Morgan fingerprint density at radius 3 is 2.24 bits per heavy atom. The van der Waals surface area contributed by atoms with Crippen LogP contribution in [0.25, 0.3) is 0 Å². The van der Waals surface area contributed by atoms with E-state index in [-0.39, 0.29) is 11.7 Å². The molecule has 4 heteroatoms. The van der Waals surface area contributed by atoms with Crippen LogP contribution >= 0.6 is 0 Å². The topological polar surface area (TPSA) is 38.8 Å². The first-order valence-corrected chi connectivity index (χ1v) is 7.49. The minimum Gasteiger partial charge on any atom is -0.487 e. The molecule has 1 aromatic carbocycles. The van der Waals surface area contributed by atoms with Crippen molar-refractivity contribution in [2.75, 3.05) is 13.1 Å². The molecule has 0 N–H and O–H groups in total. The Bertz CT molecular complexity index is 471. The molecule has 21 heavy (non-hydrogen) atoms. The molecule has 1 aliphatic rings. The molecule has 0 aliphatic carbocycles. The van der Waals surface area contributed by atoms with E-state index >= 15 is 0 Å². The van der Waals surface area contributed by atoms with Crippen molar-refractivity contribution in [3.8, 4) is 5.75 Å². The average molecular weight is 291 g/mol. The van der Waals surface area contributed by atoms with Crippen molar-refractivity contribution in [1.29, 1.82) is 0 Å². The molecule has 0 unspecified atom stereocenters. The lowest BCUT2D eigenvalue weighted by atomic mass is 9.93. The van der Waals surface area contributed by atoms with Gasteiger partial charge >= 0.3 is 6.09 Å². The summed E-state index contributed by atoms with van der Waals surface area (Å²) in [7, 11) is 0. The number of ether oxygens (including phenoxy) is 2. The number of piperidine rings is 1. The number of rotatable bonds is 2. The monoisotopic (exact) mass is 291 g/mol. The van der Waals surface area contributed by atoms with Crippen LogP contribution < -0.4 is 4.74 Å². The first-order chi connectivity index (χ1) is 9.77. The van der Waals surface area contributed by atoms with Crippen molar-refractivity contribution in [2.45, 2.75) is 51.7 Å². The molecule has 0 aromatic heterocycles. The Morgan fingerprint density at radius 2 is 1.71 bits per heavy atom. The maximum absolute atomic E-state index is 12.0. The summed E-state index contributed by atoms with van der Waals surface area (Å²) in [6.45, 7) is 9.09. The van der Waals surface area contributed by atoms with Gasteiger partial charge in [0.05, 0.1) is 0 Å². The molecule has 0 saturated carbocycles. The van der Waals surface area contributed by atoms with Crippen LogP contribution in [0.2, 0.25) is 0 Å². The van der Waals surface area contributed by atoms with Crippen molar-refractivity contribution in [2.24, 2.45) is 0 Å². The third kappa shape index (κ3) is 4.66. The molecular weight excluding hydrogens is 266 g/mol. The maximum atomic E-state index is 12.0. The SMILES string of the molecule is CC(C)(C)OC(=O)N1CCC(C)(Oc2ccccc2)CC1. The molecule has 116 valence electrons. The summed E-state index contributed by atoms with van der Waals surface area (Å²) in [5.41, 5.74) is -0.668. The molecule has 0 spiro atoms. The van der Waals surface area contributed by atoms with Gasteiger partial charge in [0.15, 0.2) is 0 Å². The number of hydrogen-bond acceptors (Lipinski definition) is 3. The average Bonchev–Trinajstić information content (AvgIpc) is 2.38. The normalized spacial score (nSPS) is 18.2. The fourth-order valence-electron chi connectivity index (χ4n) is 2.36. The second-order valence-corrected chi connectivity index (χ2v) is 6.83. The van der Waals surface area contributed by atoms with Gasteiger partial charge in [-0.1, -0.05) is 18.2 Å². The van der Waals surface area contributed by atoms with Gasteiger partial charge < -0.3 is 14.4 Å². The summed E-state index contributed by atoms with van der Waals surface area (Å²) in [6.07, 6.45) is 1.38. The number of carbonyl (C=O) groups is 1. The van der Waals surface area contributed by atoms with Gasteiger partial charge in [-0.2, -0.15) is 0 Å². The van der Waals surface area contributed by atoms with Gasteiger partial charge in [0.1, 0.15) is 17.0 Å². The van der Waals surface area contributed by atoms with E-state index in [1.54, 1.807) is 4.90 Å². The second-order valence-electron chi connectivity index (χ2n) is 6.83. The summed E-state index contributed by atoms with van der Waals surface area (Å²) in [4.78, 5) is 13.8. The Hall–Kier alpha value is -1.71. The number of benzene rings is 1. The summed E-state index contributed by atoms with van der Waals surface area (Å²) in [6, 6.07) is 9.83. The summed E-state index contributed by atoms with van der Waals surface area (Å²) in [5, 5.41) is 0. The van der Waals surface area contributed by atoms with Gasteiger partial charge in [0.25, 0.3) is 0 Å². The molecular formula is C17H25NO3. The smallest absolute Gasteiger partial charge is 0.410 e. The van der Waals surface area contributed by atoms with Crippen LogP contribution in [-0.2, 0) is 4.74 Å². The highest BCUT2D eigenvalue weighted by molar-refractivity contribution is 5.68. The minimum absolute atomic E-state index is 0.222. The molecule has 1 aromatic rings. The lowest BCUT2D eigenvalue weighted by Gasteiger charge is -2.39. The van der Waals surface area contributed by atoms with E-state index in [0.717, 1.165) is 18.6 Å². The molecule has 1 saturated heterocycles. The number of para-hydroxylation sites is 1. The zero-order valence-electron chi connectivity index (χ0n) is 13.4. The Balaban J connectivity index is 1.89. The summed E-state index contributed by atoms with van der Waals surface area (Å²) < 4.78 is 11.5. The van der Waals surface area contributed by atoms with Crippen molar-refractivity contribution in [1.82, 2.24) is 4.90 Å². The zero-order chi connectivity index (χ0) is 15.5. The quantitative estimate of drug-likeness (QED) is 0.830. The van der Waals surface area contributed by atoms with Gasteiger partial charge in [-0.3, -0.25) is 0 Å². The van der Waals surface area contributed by atoms with E-state index < -0.39 is 5.60 Å². The molecule has 1 fully saturated rings. The van der Waals surface area contributed by atoms with Crippen LogP contribution in [0.1, 0.15) is 40.5 Å². The van der Waals surface area contributed by atoms with Crippen molar-refractivity contribution in [3.05, 3.63) is 30.3 Å². The fraction of sp³-hybridized carbons (Fsp3) is 0.588. The van der Waals surface area contributed by atoms with Crippen LogP contribution in [0.4, 0.5) is 4.79 Å². The fourth-order valence-corrected chi connectivity index (χ4v) is 2.36. The predicted molar refractivity (Wildman–Crippen MR) is 82.5 cm³/mol. The first-order valence-electron chi connectivity index (χ1n) is 7.49. The highest BCUT2D eigenvalue weighted by Crippen LogP contribution is 2.28. The summed E-state index contributed by atoms with van der Waals surface area (Å²) >= 11 is 0. The highest BCUT2D eigenvalue weighted by Gasteiger charge is 2.35. The lowest BCUT2D eigenvalue weighted by molar-refractivity contribution is -0.00981. The minimum atomic E-state index is -0.446. The van der Waals surface area contributed by atoms with Crippen LogP contribution in [0, 0.1) is 0 Å². The van der Waals surface area contributed by atoms with Gasteiger partial charge in [0, 0.05) is 25.9 Å². The van der Waals surface area contributed by atoms with E-state index in [0.29, 0.717) is 13.1 Å². The summed E-state index contributed by atoms with van der Waals surface area (Å²) in [5.74, 6) is 0.880. The van der Waals surface area contributed by atoms with Gasteiger partial charge in [-0.15, -0.1) is 0 Å². The van der Waals surface area contributed by atoms with Gasteiger partial charge in [0.2, 0.25) is 0 Å². The van der Waals surface area contributed by atoms with E-state index in [2.05, 4.69) is 6.92 Å². The molecule has 4 nitrogen and oxygen atoms in total. The Labute approximate surface area is 127 Å². The number of hydrogen-bond donors (Lipinski definition) is 0. The van der Waals surface area contributed by atoms with Gasteiger partial charge in [-0.25, -0.2) is 4.79 Å². The van der Waals surface area contributed by atoms with E-state index in [4.69, 9.17) is 9.47 Å². The maximum Gasteiger partial charge on any atom is 0.410 e. The number of carbonyl (C=O) groups excluding carboxylic acids is 1. The van der Waals surface area contributed by atoms with Crippen LogP contribution in [0.3, 0.4) is 0 Å². The third-order valence-corrected chi connectivity index (χ3v) is 3.58. The second kappa shape index (κ2) is 5.96. The zero-order valence-corrected chi connectivity index (χ0v) is 13.4. The number of nitrogens with zero attached hydrogens (tertiary/aromatic N) is 1. The van der Waals surface area contributed by atoms with Crippen LogP contribution in [-0.4, -0.2) is 35.3 Å². The van der Waals surface area contributed by atoms with Crippen LogP contribution in [0.15, 0.2) is 30.3 Å². The number of likely N-dealkylation sites (tertiary alicyclic amines) is 1. The Kier molecular flexibility index (Phi) is 4.45. The van der Waals surface area contributed by atoms with Crippen molar-refractivity contribution >= 4 is 6.09 Å². The molecule has 0 radical (unpaired) electrons. The molecule has 0 bridgehead atoms. The molecule has 0 atom stereocenters. The number of amides is 1. The molecule has 1 heterocycles. The standard InChI is InChI=1S/C17H25NO3/c1-16(2,3)21-15(19)18-12-10-17(4,11-13-18)20-14-8-6-5-7-9-14/h5-9H,10-13H2,1-4H3.